The molecular weight excluding hydrogens is 256 g/mol. The van der Waals surface area contributed by atoms with E-state index in [1.54, 1.807) is 6.92 Å². The number of carboxylic acid groups (broad SMARTS) is 1. The van der Waals surface area contributed by atoms with Gasteiger partial charge in [-0.2, -0.15) is 0 Å². The number of aromatic amines is 1. The predicted octanol–water partition coefficient (Wildman–Crippen LogP) is -0.439. The lowest BCUT2D eigenvalue weighted by Gasteiger charge is -2.22. The summed E-state index contributed by atoms with van der Waals surface area (Å²) >= 11 is 0. The molecule has 2 N–H and O–H groups in total. The molecule has 19 heavy (non-hydrogen) atoms. The maximum Gasteiger partial charge on any atom is 0.332 e. The second-order valence-corrected chi connectivity index (χ2v) is 3.80. The van der Waals surface area contributed by atoms with Crippen LogP contribution in [-0.2, 0) is 14.3 Å². The molecule has 0 aromatic carbocycles. The van der Waals surface area contributed by atoms with Crippen LogP contribution in [0.25, 0.3) is 0 Å². The lowest BCUT2D eigenvalue weighted by Crippen LogP contribution is -2.37. The van der Waals surface area contributed by atoms with Gasteiger partial charge in [-0.15, -0.1) is 0 Å². The van der Waals surface area contributed by atoms with Crippen molar-refractivity contribution in [3.8, 4) is 0 Å². The van der Waals surface area contributed by atoms with Crippen LogP contribution in [0.1, 0.15) is 19.6 Å². The topological polar surface area (TPSA) is 111 Å². The van der Waals surface area contributed by atoms with Crippen LogP contribution in [0, 0.1) is 0 Å². The third kappa shape index (κ3) is 4.04. The summed E-state index contributed by atoms with van der Waals surface area (Å²) < 4.78 is 11.3. The van der Waals surface area contributed by atoms with Crippen LogP contribution >= 0.6 is 0 Å². The lowest BCUT2D eigenvalue weighted by atomic mass is 10.3. The zero-order chi connectivity index (χ0) is 14.4. The maximum atomic E-state index is 11.6. The first kappa shape index (κ1) is 15.1. The van der Waals surface area contributed by atoms with E-state index < -0.39 is 29.6 Å². The molecule has 106 valence electrons. The highest BCUT2D eigenvalue weighted by Crippen LogP contribution is 2.11. The van der Waals surface area contributed by atoms with Crippen molar-refractivity contribution in [2.24, 2.45) is 0 Å². The first-order valence-corrected chi connectivity index (χ1v) is 5.68. The third-order valence-electron chi connectivity index (χ3n) is 2.44. The van der Waals surface area contributed by atoms with Gasteiger partial charge in [0.1, 0.15) is 0 Å². The van der Waals surface area contributed by atoms with Crippen molar-refractivity contribution < 1.29 is 19.4 Å². The Bertz CT molecular complexity index is 534. The Balaban J connectivity index is 3.02. The molecular formula is C11H16N2O6. The second-order valence-electron chi connectivity index (χ2n) is 3.80. The summed E-state index contributed by atoms with van der Waals surface area (Å²) in [5.41, 5.74) is -1.22. The molecule has 0 aliphatic rings. The number of ether oxygens (including phenoxy) is 2. The van der Waals surface area contributed by atoms with Crippen molar-refractivity contribution in [2.75, 3.05) is 13.7 Å². The Kier molecular flexibility index (Phi) is 5.46. The molecule has 0 bridgehead atoms. The van der Waals surface area contributed by atoms with Gasteiger partial charge in [0.25, 0.3) is 5.56 Å². The second kappa shape index (κ2) is 6.86. The van der Waals surface area contributed by atoms with E-state index in [2.05, 4.69) is 4.98 Å². The summed E-state index contributed by atoms with van der Waals surface area (Å²) in [6.07, 6.45) is -0.498. The highest BCUT2D eigenvalue weighted by molar-refractivity contribution is 5.72. The van der Waals surface area contributed by atoms with Crippen molar-refractivity contribution in [2.45, 2.75) is 25.7 Å². The number of hydrogen-bond donors (Lipinski definition) is 2. The molecule has 8 heteroatoms. The molecule has 2 atom stereocenters. The first-order chi connectivity index (χ1) is 8.99. The zero-order valence-electron chi connectivity index (χ0n) is 10.7. The van der Waals surface area contributed by atoms with Gasteiger partial charge < -0.3 is 14.6 Å². The molecule has 0 spiro atoms. The summed E-state index contributed by atoms with van der Waals surface area (Å²) in [6, 6.07) is 1.15. The summed E-state index contributed by atoms with van der Waals surface area (Å²) in [7, 11) is 1.40. The van der Waals surface area contributed by atoms with Crippen LogP contribution in [0.15, 0.2) is 21.9 Å². The monoisotopic (exact) mass is 272 g/mol. The highest BCUT2D eigenvalue weighted by atomic mass is 16.6. The number of nitrogens with zero attached hydrogens (tertiary/aromatic N) is 1. The van der Waals surface area contributed by atoms with Crippen molar-refractivity contribution >= 4 is 5.97 Å². The Hall–Kier alpha value is -1.93. The lowest BCUT2D eigenvalue weighted by molar-refractivity contribution is -0.162. The Morgan fingerprint density at radius 2 is 2.21 bits per heavy atom. The standard InChI is InChI=1S/C11H16N2O6/c1-3-7(10(15)16)19-9(6-18-2)13-5-4-8(14)12-11(13)17/h4-5,7,9H,3,6H2,1-2H3,(H,15,16)(H,12,14,17)/t7-,9+/m0/s1. The average Bonchev–Trinajstić information content (AvgIpc) is 2.34. The van der Waals surface area contributed by atoms with Gasteiger partial charge in [0.05, 0.1) is 6.61 Å². The van der Waals surface area contributed by atoms with Gasteiger partial charge in [-0.1, -0.05) is 6.92 Å². The van der Waals surface area contributed by atoms with Crippen LogP contribution in [0.2, 0.25) is 0 Å². The van der Waals surface area contributed by atoms with E-state index in [4.69, 9.17) is 14.6 Å². The zero-order valence-corrected chi connectivity index (χ0v) is 10.7. The highest BCUT2D eigenvalue weighted by Gasteiger charge is 2.23. The molecule has 1 heterocycles. The average molecular weight is 272 g/mol. The molecule has 0 aliphatic heterocycles. The minimum Gasteiger partial charge on any atom is -0.479 e. The van der Waals surface area contributed by atoms with Crippen LogP contribution < -0.4 is 11.2 Å². The van der Waals surface area contributed by atoms with E-state index in [9.17, 15) is 14.4 Å². The van der Waals surface area contributed by atoms with Gasteiger partial charge in [0, 0.05) is 19.4 Å². The number of aromatic nitrogens is 2. The number of methoxy groups -OCH3 is 1. The Morgan fingerprint density at radius 1 is 1.53 bits per heavy atom. The normalized spacial score (nSPS) is 14.0. The number of H-pyrrole nitrogens is 1. The fourth-order valence-corrected chi connectivity index (χ4v) is 1.50. The summed E-state index contributed by atoms with van der Waals surface area (Å²) in [4.78, 5) is 35.6. The molecule has 0 unspecified atom stereocenters. The number of hydrogen-bond acceptors (Lipinski definition) is 5. The van der Waals surface area contributed by atoms with Crippen molar-refractivity contribution in [3.63, 3.8) is 0 Å². The Labute approximate surface area is 108 Å². The predicted molar refractivity (Wildman–Crippen MR) is 65.0 cm³/mol. The van der Waals surface area contributed by atoms with Gasteiger partial charge in [0.2, 0.25) is 0 Å². The van der Waals surface area contributed by atoms with E-state index in [1.807, 2.05) is 0 Å². The van der Waals surface area contributed by atoms with Crippen LogP contribution in [0.5, 0.6) is 0 Å². The first-order valence-electron chi connectivity index (χ1n) is 5.68. The maximum absolute atomic E-state index is 11.6. The van der Waals surface area contributed by atoms with Gasteiger partial charge >= 0.3 is 11.7 Å². The van der Waals surface area contributed by atoms with Gasteiger partial charge in [-0.05, 0) is 6.42 Å². The number of carboxylic acids is 1. The smallest absolute Gasteiger partial charge is 0.332 e. The summed E-state index contributed by atoms with van der Waals surface area (Å²) in [5, 5.41) is 8.94. The van der Waals surface area contributed by atoms with Crippen molar-refractivity contribution in [1.82, 2.24) is 9.55 Å². The molecule has 0 saturated heterocycles. The number of carbonyl (C=O) groups is 1. The molecule has 0 fully saturated rings. The fourth-order valence-electron chi connectivity index (χ4n) is 1.50. The van der Waals surface area contributed by atoms with E-state index >= 15 is 0 Å². The van der Waals surface area contributed by atoms with E-state index in [-0.39, 0.29) is 13.0 Å². The third-order valence-corrected chi connectivity index (χ3v) is 2.44. The molecule has 0 aliphatic carbocycles. The van der Waals surface area contributed by atoms with Crippen LogP contribution in [0.4, 0.5) is 0 Å². The van der Waals surface area contributed by atoms with Crippen molar-refractivity contribution in [1.29, 1.82) is 0 Å². The van der Waals surface area contributed by atoms with E-state index in [0.29, 0.717) is 0 Å². The summed E-state index contributed by atoms with van der Waals surface area (Å²) in [6.45, 7) is 1.63. The molecule has 0 radical (unpaired) electrons. The van der Waals surface area contributed by atoms with E-state index in [1.165, 1.54) is 13.3 Å². The van der Waals surface area contributed by atoms with Crippen molar-refractivity contribution in [3.05, 3.63) is 33.1 Å². The molecule has 1 aromatic heterocycles. The number of aliphatic carboxylic acids is 1. The van der Waals surface area contributed by atoms with Crippen LogP contribution in [0.3, 0.4) is 0 Å². The minimum absolute atomic E-state index is 0.0181. The van der Waals surface area contributed by atoms with Gasteiger partial charge in [0.15, 0.2) is 12.3 Å². The van der Waals surface area contributed by atoms with E-state index in [0.717, 1.165) is 10.6 Å². The number of nitrogens with one attached hydrogen (secondary N) is 1. The van der Waals surface area contributed by atoms with Crippen LogP contribution in [-0.4, -0.2) is 40.4 Å². The van der Waals surface area contributed by atoms with Gasteiger partial charge in [-0.25, -0.2) is 9.59 Å². The molecule has 8 nitrogen and oxygen atoms in total. The Morgan fingerprint density at radius 3 is 2.68 bits per heavy atom. The molecule has 1 aromatic rings. The SMILES string of the molecule is CC[C@H](O[C@H](COC)n1ccc(=O)[nH]c1=O)C(=O)O. The molecule has 0 saturated carbocycles. The van der Waals surface area contributed by atoms with Gasteiger partial charge in [-0.3, -0.25) is 14.3 Å². The fraction of sp³-hybridized carbons (Fsp3) is 0.545. The minimum atomic E-state index is -1.12. The number of rotatable bonds is 7. The summed E-state index contributed by atoms with van der Waals surface area (Å²) in [5.74, 6) is -1.12. The molecule has 1 rings (SSSR count). The molecule has 0 amide bonds. The quantitative estimate of drug-likeness (QED) is 0.696. The largest absolute Gasteiger partial charge is 0.479 e.